The quantitative estimate of drug-likeness (QED) is 0.737. The average molecular weight is 275 g/mol. The van der Waals surface area contributed by atoms with Gasteiger partial charge in [-0.25, -0.2) is 0 Å². The number of hydrogen-bond acceptors (Lipinski definition) is 4. The molecule has 6 heteroatoms. The monoisotopic (exact) mass is 274 g/mol. The van der Waals surface area contributed by atoms with E-state index >= 15 is 0 Å². The molecule has 0 radical (unpaired) electrons. The van der Waals surface area contributed by atoms with Gasteiger partial charge < -0.3 is 4.74 Å². The molecular weight excluding hydrogens is 264 g/mol. The van der Waals surface area contributed by atoms with Crippen LogP contribution in [0, 0.1) is 6.92 Å². The molecule has 19 heavy (non-hydrogen) atoms. The molecule has 1 aromatic carbocycles. The molecule has 0 saturated carbocycles. The van der Waals surface area contributed by atoms with Gasteiger partial charge in [0.25, 0.3) is 0 Å². The molecule has 0 unspecified atom stereocenters. The standard InChI is InChI=1S/C13H11ClN4O/c1-9-3-2-4-10(7-9)19-8-13-16-15-12-6-5-11(14)17-18(12)13/h2-7H,8H2,1H3. The fourth-order valence-corrected chi connectivity index (χ4v) is 1.89. The first-order chi connectivity index (χ1) is 9.22. The van der Waals surface area contributed by atoms with Gasteiger partial charge in [0.1, 0.15) is 17.5 Å². The van der Waals surface area contributed by atoms with Gasteiger partial charge in [-0.2, -0.15) is 9.61 Å². The summed E-state index contributed by atoms with van der Waals surface area (Å²) in [6, 6.07) is 11.3. The van der Waals surface area contributed by atoms with Gasteiger partial charge in [-0.3, -0.25) is 0 Å². The molecule has 0 amide bonds. The first-order valence-corrected chi connectivity index (χ1v) is 6.16. The van der Waals surface area contributed by atoms with Crippen LogP contribution in [0.2, 0.25) is 5.15 Å². The zero-order chi connectivity index (χ0) is 13.2. The van der Waals surface area contributed by atoms with E-state index in [-0.39, 0.29) is 6.61 Å². The van der Waals surface area contributed by atoms with Gasteiger partial charge in [0, 0.05) is 0 Å². The van der Waals surface area contributed by atoms with Crippen molar-refractivity contribution >= 4 is 17.2 Å². The molecule has 0 saturated heterocycles. The normalized spacial score (nSPS) is 10.8. The van der Waals surface area contributed by atoms with Crippen molar-refractivity contribution in [1.29, 1.82) is 0 Å². The van der Waals surface area contributed by atoms with Crippen LogP contribution in [0.15, 0.2) is 36.4 Å². The van der Waals surface area contributed by atoms with Crippen molar-refractivity contribution in [2.24, 2.45) is 0 Å². The molecule has 0 N–H and O–H groups in total. The molecule has 0 aliphatic rings. The topological polar surface area (TPSA) is 52.3 Å². The van der Waals surface area contributed by atoms with Crippen LogP contribution in [-0.2, 0) is 6.61 Å². The van der Waals surface area contributed by atoms with Crippen molar-refractivity contribution in [3.05, 3.63) is 52.9 Å². The van der Waals surface area contributed by atoms with Crippen molar-refractivity contribution in [2.45, 2.75) is 13.5 Å². The average Bonchev–Trinajstić information content (AvgIpc) is 2.79. The number of hydrogen-bond donors (Lipinski definition) is 0. The van der Waals surface area contributed by atoms with E-state index in [1.54, 1.807) is 16.6 Å². The van der Waals surface area contributed by atoms with Crippen molar-refractivity contribution in [2.75, 3.05) is 0 Å². The van der Waals surface area contributed by atoms with E-state index in [1.807, 2.05) is 31.2 Å². The van der Waals surface area contributed by atoms with Crippen LogP contribution >= 0.6 is 11.6 Å². The van der Waals surface area contributed by atoms with E-state index in [4.69, 9.17) is 16.3 Å². The van der Waals surface area contributed by atoms with Crippen LogP contribution in [-0.4, -0.2) is 19.8 Å². The molecule has 3 rings (SSSR count). The van der Waals surface area contributed by atoms with Gasteiger partial charge in [-0.1, -0.05) is 23.7 Å². The van der Waals surface area contributed by atoms with E-state index in [9.17, 15) is 0 Å². The van der Waals surface area contributed by atoms with E-state index < -0.39 is 0 Å². The van der Waals surface area contributed by atoms with Crippen LogP contribution < -0.4 is 4.74 Å². The highest BCUT2D eigenvalue weighted by Gasteiger charge is 2.07. The third-order valence-electron chi connectivity index (χ3n) is 2.65. The molecule has 3 aromatic rings. The van der Waals surface area contributed by atoms with E-state index in [2.05, 4.69) is 15.3 Å². The number of aromatic nitrogens is 4. The second-order valence-corrected chi connectivity index (χ2v) is 4.53. The predicted octanol–water partition coefficient (Wildman–Crippen LogP) is 2.67. The smallest absolute Gasteiger partial charge is 0.192 e. The maximum absolute atomic E-state index is 5.86. The van der Waals surface area contributed by atoms with E-state index in [0.29, 0.717) is 16.6 Å². The maximum Gasteiger partial charge on any atom is 0.192 e. The van der Waals surface area contributed by atoms with Gasteiger partial charge >= 0.3 is 0 Å². The lowest BCUT2D eigenvalue weighted by Crippen LogP contribution is -2.03. The second-order valence-electron chi connectivity index (χ2n) is 4.15. The van der Waals surface area contributed by atoms with E-state index in [1.165, 1.54) is 0 Å². The summed E-state index contributed by atoms with van der Waals surface area (Å²) in [5.41, 5.74) is 1.79. The van der Waals surface area contributed by atoms with Gasteiger partial charge in [-0.15, -0.1) is 10.2 Å². The summed E-state index contributed by atoms with van der Waals surface area (Å²) < 4.78 is 7.25. The third-order valence-corrected chi connectivity index (χ3v) is 2.85. The zero-order valence-corrected chi connectivity index (χ0v) is 11.0. The lowest BCUT2D eigenvalue weighted by atomic mass is 10.2. The van der Waals surface area contributed by atoms with Crippen molar-refractivity contribution < 1.29 is 4.74 Å². The van der Waals surface area contributed by atoms with Gasteiger partial charge in [0.2, 0.25) is 0 Å². The predicted molar refractivity (Wildman–Crippen MR) is 71.3 cm³/mol. The number of ether oxygens (including phenoxy) is 1. The first-order valence-electron chi connectivity index (χ1n) is 5.79. The molecule has 0 aliphatic heterocycles. The third kappa shape index (κ3) is 2.51. The van der Waals surface area contributed by atoms with Crippen LogP contribution in [0.5, 0.6) is 5.75 Å². The van der Waals surface area contributed by atoms with E-state index in [0.717, 1.165) is 11.3 Å². The summed E-state index contributed by atoms with van der Waals surface area (Å²) in [7, 11) is 0. The molecule has 2 heterocycles. The number of benzene rings is 1. The molecule has 0 atom stereocenters. The molecule has 96 valence electrons. The van der Waals surface area contributed by atoms with Crippen LogP contribution in [0.3, 0.4) is 0 Å². The summed E-state index contributed by atoms with van der Waals surface area (Å²) in [6.07, 6.45) is 0. The minimum atomic E-state index is 0.290. The maximum atomic E-state index is 5.86. The van der Waals surface area contributed by atoms with Crippen molar-refractivity contribution in [3.8, 4) is 5.75 Å². The molecule has 0 fully saturated rings. The summed E-state index contributed by atoms with van der Waals surface area (Å²) in [5.74, 6) is 1.40. The highest BCUT2D eigenvalue weighted by molar-refractivity contribution is 6.29. The Morgan fingerprint density at radius 3 is 2.95 bits per heavy atom. The van der Waals surface area contributed by atoms with Gasteiger partial charge in [0.05, 0.1) is 0 Å². The number of rotatable bonds is 3. The lowest BCUT2D eigenvalue weighted by Gasteiger charge is -2.05. The van der Waals surface area contributed by atoms with Crippen molar-refractivity contribution in [1.82, 2.24) is 19.8 Å². The highest BCUT2D eigenvalue weighted by atomic mass is 35.5. The minimum absolute atomic E-state index is 0.290. The summed E-state index contributed by atoms with van der Waals surface area (Å²) in [6.45, 7) is 2.30. The first kappa shape index (κ1) is 11.9. The minimum Gasteiger partial charge on any atom is -0.486 e. The fourth-order valence-electron chi connectivity index (χ4n) is 1.75. The number of fused-ring (bicyclic) bond motifs is 1. The molecule has 5 nitrogen and oxygen atoms in total. The fraction of sp³-hybridized carbons (Fsp3) is 0.154. The second kappa shape index (κ2) is 4.85. The highest BCUT2D eigenvalue weighted by Crippen LogP contribution is 2.14. The summed E-state index contributed by atoms with van der Waals surface area (Å²) in [4.78, 5) is 0. The molecule has 2 aromatic heterocycles. The molecule has 0 bridgehead atoms. The largest absolute Gasteiger partial charge is 0.486 e. The Kier molecular flexibility index (Phi) is 3.05. The van der Waals surface area contributed by atoms with Gasteiger partial charge in [-0.05, 0) is 36.8 Å². The Morgan fingerprint density at radius 2 is 2.11 bits per heavy atom. The number of aryl methyl sites for hydroxylation is 1. The molecular formula is C13H11ClN4O. The van der Waals surface area contributed by atoms with Crippen molar-refractivity contribution in [3.63, 3.8) is 0 Å². The Labute approximate surface area is 114 Å². The molecule has 0 aliphatic carbocycles. The lowest BCUT2D eigenvalue weighted by molar-refractivity contribution is 0.292. The van der Waals surface area contributed by atoms with Crippen LogP contribution in [0.4, 0.5) is 0 Å². The summed E-state index contributed by atoms with van der Waals surface area (Å²) in [5, 5.41) is 12.6. The Balaban J connectivity index is 1.84. The number of halogens is 1. The Morgan fingerprint density at radius 1 is 1.21 bits per heavy atom. The number of nitrogens with zero attached hydrogens (tertiary/aromatic N) is 4. The summed E-state index contributed by atoms with van der Waals surface area (Å²) >= 11 is 5.86. The molecule has 0 spiro atoms. The Bertz CT molecular complexity index is 725. The Hall–Kier alpha value is -2.14. The zero-order valence-electron chi connectivity index (χ0n) is 10.2. The van der Waals surface area contributed by atoms with Crippen LogP contribution in [0.25, 0.3) is 5.65 Å². The van der Waals surface area contributed by atoms with Gasteiger partial charge in [0.15, 0.2) is 11.5 Å². The van der Waals surface area contributed by atoms with Crippen LogP contribution in [0.1, 0.15) is 11.4 Å². The SMILES string of the molecule is Cc1cccc(OCc2nnc3ccc(Cl)nn23)c1.